The zero-order valence-corrected chi connectivity index (χ0v) is 16.1. The van der Waals surface area contributed by atoms with Gasteiger partial charge in [0.05, 0.1) is 11.1 Å². The summed E-state index contributed by atoms with van der Waals surface area (Å²) in [5, 5.41) is 9.66. The number of nitrogens with zero attached hydrogens (tertiary/aromatic N) is 2. The molecule has 7 nitrogen and oxygen atoms in total. The molecule has 3 amide bonds. The van der Waals surface area contributed by atoms with Gasteiger partial charge >= 0.3 is 5.97 Å². The molecule has 28 heavy (non-hydrogen) atoms. The molecule has 1 saturated heterocycles. The highest BCUT2D eigenvalue weighted by Crippen LogP contribution is 2.40. The molecule has 2 fully saturated rings. The maximum Gasteiger partial charge on any atom is 0.326 e. The quantitative estimate of drug-likeness (QED) is 0.807. The van der Waals surface area contributed by atoms with Crippen molar-refractivity contribution in [2.75, 3.05) is 0 Å². The summed E-state index contributed by atoms with van der Waals surface area (Å²) in [6.45, 7) is 3.35. The van der Waals surface area contributed by atoms with Crippen LogP contribution in [0.25, 0.3) is 0 Å². The molecule has 2 heterocycles. The van der Waals surface area contributed by atoms with Gasteiger partial charge < -0.3 is 10.0 Å². The molecule has 0 aromatic heterocycles. The van der Waals surface area contributed by atoms with E-state index in [1.165, 1.54) is 11.8 Å². The Morgan fingerprint density at radius 3 is 2.50 bits per heavy atom. The summed E-state index contributed by atoms with van der Waals surface area (Å²) in [6, 6.07) is 2.97. The van der Waals surface area contributed by atoms with Crippen LogP contribution in [0, 0.1) is 12.8 Å². The van der Waals surface area contributed by atoms with Gasteiger partial charge in [-0.2, -0.15) is 0 Å². The number of benzene rings is 1. The highest BCUT2D eigenvalue weighted by Gasteiger charge is 2.51. The second-order valence-electron chi connectivity index (χ2n) is 8.15. The van der Waals surface area contributed by atoms with Gasteiger partial charge in [-0.05, 0) is 51.2 Å². The van der Waals surface area contributed by atoms with Crippen LogP contribution in [-0.4, -0.2) is 56.7 Å². The van der Waals surface area contributed by atoms with E-state index < -0.39 is 35.8 Å². The average molecular weight is 384 g/mol. The first-order valence-electron chi connectivity index (χ1n) is 9.84. The number of aryl methyl sites for hydroxylation is 1. The molecular formula is C21H24N2O5. The van der Waals surface area contributed by atoms with Crippen LogP contribution in [0.15, 0.2) is 18.2 Å². The molecule has 0 radical (unpaired) electrons. The molecule has 0 spiro atoms. The van der Waals surface area contributed by atoms with Gasteiger partial charge in [-0.25, -0.2) is 4.79 Å². The molecule has 1 aliphatic carbocycles. The lowest BCUT2D eigenvalue weighted by molar-refractivity contribution is -0.151. The van der Waals surface area contributed by atoms with Gasteiger partial charge in [-0.15, -0.1) is 0 Å². The number of carboxylic acid groups (broad SMARTS) is 1. The third-order valence-electron chi connectivity index (χ3n) is 6.45. The van der Waals surface area contributed by atoms with Crippen LogP contribution in [0.1, 0.15) is 65.3 Å². The Labute approximate surface area is 163 Å². The van der Waals surface area contributed by atoms with E-state index in [-0.39, 0.29) is 12.0 Å². The predicted octanol–water partition coefficient (Wildman–Crippen LogP) is 2.22. The van der Waals surface area contributed by atoms with Crippen molar-refractivity contribution in [1.29, 1.82) is 0 Å². The smallest absolute Gasteiger partial charge is 0.326 e. The van der Waals surface area contributed by atoms with E-state index in [1.807, 2.05) is 6.92 Å². The predicted molar refractivity (Wildman–Crippen MR) is 99.8 cm³/mol. The summed E-state index contributed by atoms with van der Waals surface area (Å²) in [4.78, 5) is 53.2. The van der Waals surface area contributed by atoms with Gasteiger partial charge in [0.25, 0.3) is 11.8 Å². The van der Waals surface area contributed by atoms with E-state index in [2.05, 4.69) is 0 Å². The molecule has 4 atom stereocenters. The van der Waals surface area contributed by atoms with Crippen molar-refractivity contribution in [3.05, 3.63) is 34.9 Å². The molecular weight excluding hydrogens is 360 g/mol. The van der Waals surface area contributed by atoms with Crippen LogP contribution in [0.2, 0.25) is 0 Å². The third-order valence-corrected chi connectivity index (χ3v) is 6.45. The first-order valence-corrected chi connectivity index (χ1v) is 9.84. The zero-order valence-electron chi connectivity index (χ0n) is 16.1. The van der Waals surface area contributed by atoms with Crippen LogP contribution in [0.4, 0.5) is 0 Å². The average Bonchev–Trinajstić information content (AvgIpc) is 3.17. The van der Waals surface area contributed by atoms with E-state index in [4.69, 9.17) is 0 Å². The largest absolute Gasteiger partial charge is 0.480 e. The minimum atomic E-state index is -1.03. The van der Waals surface area contributed by atoms with Crippen LogP contribution in [0.3, 0.4) is 0 Å². The fourth-order valence-electron chi connectivity index (χ4n) is 5.05. The van der Waals surface area contributed by atoms with E-state index in [0.29, 0.717) is 17.5 Å². The van der Waals surface area contributed by atoms with Crippen molar-refractivity contribution in [3.63, 3.8) is 0 Å². The monoisotopic (exact) mass is 384 g/mol. The van der Waals surface area contributed by atoms with Gasteiger partial charge in [0.1, 0.15) is 12.1 Å². The number of likely N-dealkylation sites (tertiary alicyclic amines) is 1. The lowest BCUT2D eigenvalue weighted by atomic mass is 9.84. The SMILES string of the molecule is Cc1ccc2c(c1)C(=O)N(C(C)C(=O)N1C(C(=O)O)CC3CCCCC31)C2=O. The van der Waals surface area contributed by atoms with Gasteiger partial charge in [0.15, 0.2) is 0 Å². The number of hydrogen-bond donors (Lipinski definition) is 1. The summed E-state index contributed by atoms with van der Waals surface area (Å²) in [5.41, 5.74) is 1.45. The second-order valence-corrected chi connectivity index (χ2v) is 8.15. The molecule has 1 aromatic carbocycles. The topological polar surface area (TPSA) is 95.0 Å². The Hall–Kier alpha value is -2.70. The molecule has 1 aromatic rings. The van der Waals surface area contributed by atoms with E-state index in [0.717, 1.165) is 36.1 Å². The minimum Gasteiger partial charge on any atom is -0.480 e. The van der Waals surface area contributed by atoms with Gasteiger partial charge in [0.2, 0.25) is 5.91 Å². The second kappa shape index (κ2) is 6.72. The maximum absolute atomic E-state index is 13.3. The number of fused-ring (bicyclic) bond motifs is 2. The Kier molecular flexibility index (Phi) is 4.48. The number of aliphatic carboxylic acids is 1. The van der Waals surface area contributed by atoms with Gasteiger partial charge in [-0.1, -0.05) is 24.5 Å². The van der Waals surface area contributed by atoms with Crippen molar-refractivity contribution >= 4 is 23.7 Å². The maximum atomic E-state index is 13.3. The number of hydrogen-bond acceptors (Lipinski definition) is 4. The number of amides is 3. The van der Waals surface area contributed by atoms with E-state index >= 15 is 0 Å². The zero-order chi connectivity index (χ0) is 20.2. The van der Waals surface area contributed by atoms with Crippen LogP contribution in [0.5, 0.6) is 0 Å². The van der Waals surface area contributed by atoms with Gasteiger partial charge in [-0.3, -0.25) is 19.3 Å². The molecule has 3 aliphatic rings. The van der Waals surface area contributed by atoms with E-state index in [9.17, 15) is 24.3 Å². The number of carboxylic acids is 1. The molecule has 7 heteroatoms. The Morgan fingerprint density at radius 1 is 1.11 bits per heavy atom. The molecule has 2 aliphatic heterocycles. The highest BCUT2D eigenvalue weighted by atomic mass is 16.4. The molecule has 148 valence electrons. The Bertz CT molecular complexity index is 880. The normalized spacial score (nSPS) is 27.6. The van der Waals surface area contributed by atoms with Crippen LogP contribution in [-0.2, 0) is 9.59 Å². The Balaban J connectivity index is 1.63. The lowest BCUT2D eigenvalue weighted by Crippen LogP contribution is -2.55. The van der Waals surface area contributed by atoms with Crippen LogP contribution >= 0.6 is 0 Å². The van der Waals surface area contributed by atoms with Crippen LogP contribution < -0.4 is 0 Å². The highest BCUT2D eigenvalue weighted by molar-refractivity contribution is 6.23. The van der Waals surface area contributed by atoms with Crippen molar-refractivity contribution in [2.24, 2.45) is 5.92 Å². The molecule has 4 rings (SSSR count). The standard InChI is InChI=1S/C21H24N2O5/c1-11-7-8-14-15(9-11)20(26)22(19(14)25)12(2)18(24)23-16-6-4-3-5-13(16)10-17(23)21(27)28/h7-9,12-13,16-17H,3-6,10H2,1-2H3,(H,27,28). The first-order chi connectivity index (χ1) is 13.3. The molecule has 0 bridgehead atoms. The lowest BCUT2D eigenvalue weighted by Gasteiger charge is -2.36. The van der Waals surface area contributed by atoms with Crippen molar-refractivity contribution < 1.29 is 24.3 Å². The first kappa shape index (κ1) is 18.7. The minimum absolute atomic E-state index is 0.123. The molecule has 4 unspecified atom stereocenters. The number of imide groups is 1. The van der Waals surface area contributed by atoms with Gasteiger partial charge in [0, 0.05) is 6.04 Å². The van der Waals surface area contributed by atoms with Crippen molar-refractivity contribution in [1.82, 2.24) is 9.80 Å². The summed E-state index contributed by atoms with van der Waals surface area (Å²) in [7, 11) is 0. The fourth-order valence-corrected chi connectivity index (χ4v) is 5.05. The summed E-state index contributed by atoms with van der Waals surface area (Å²) >= 11 is 0. The summed E-state index contributed by atoms with van der Waals surface area (Å²) in [6.07, 6.45) is 4.13. The number of carbonyl (C=O) groups is 4. The third kappa shape index (κ3) is 2.72. The summed E-state index contributed by atoms with van der Waals surface area (Å²) < 4.78 is 0. The fraction of sp³-hybridized carbons (Fsp3) is 0.524. The molecule has 1 N–H and O–H groups in total. The molecule has 1 saturated carbocycles. The number of carbonyl (C=O) groups excluding carboxylic acids is 3. The number of rotatable bonds is 3. The van der Waals surface area contributed by atoms with Crippen molar-refractivity contribution in [3.8, 4) is 0 Å². The van der Waals surface area contributed by atoms with E-state index in [1.54, 1.807) is 18.2 Å². The Morgan fingerprint density at radius 2 is 1.79 bits per heavy atom. The van der Waals surface area contributed by atoms with Crippen molar-refractivity contribution in [2.45, 2.75) is 64.1 Å². The summed E-state index contributed by atoms with van der Waals surface area (Å²) in [5.74, 6) is -2.28.